The topological polar surface area (TPSA) is 90.5 Å². The van der Waals surface area contributed by atoms with Gasteiger partial charge in [0.2, 0.25) is 0 Å². The number of carbonyl (C=O) groups is 1. The summed E-state index contributed by atoms with van der Waals surface area (Å²) in [5.41, 5.74) is 2.04. The van der Waals surface area contributed by atoms with Crippen LogP contribution in [-0.2, 0) is 29.0 Å². The second-order valence-corrected chi connectivity index (χ2v) is 7.02. The van der Waals surface area contributed by atoms with Crippen LogP contribution in [0.4, 0.5) is 0 Å². The summed E-state index contributed by atoms with van der Waals surface area (Å²) in [5.74, 6) is 1.07. The Morgan fingerprint density at radius 1 is 1.28 bits per heavy atom. The van der Waals surface area contributed by atoms with Gasteiger partial charge in [0.25, 0.3) is 5.56 Å². The molecule has 2 heterocycles. The van der Waals surface area contributed by atoms with Crippen molar-refractivity contribution in [1.29, 1.82) is 0 Å². The van der Waals surface area contributed by atoms with Gasteiger partial charge in [-0.25, -0.2) is 5.10 Å². The third kappa shape index (κ3) is 3.94. The summed E-state index contributed by atoms with van der Waals surface area (Å²) in [5, 5.41) is 7.59. The minimum atomic E-state index is -0.438. The number of carbonyl (C=O) groups excluding carboxylic acids is 1. The van der Waals surface area contributed by atoms with Crippen molar-refractivity contribution in [2.45, 2.75) is 39.4 Å². The summed E-state index contributed by atoms with van der Waals surface area (Å²) in [6.07, 6.45) is 0.914. The van der Waals surface area contributed by atoms with Gasteiger partial charge < -0.3 is 14.2 Å². The molecule has 4 rings (SSSR count). The maximum Gasteiger partial charge on any atom is 0.312 e. The van der Waals surface area contributed by atoms with Crippen molar-refractivity contribution in [3.63, 3.8) is 0 Å². The van der Waals surface area contributed by atoms with Crippen LogP contribution in [0.1, 0.15) is 30.7 Å². The summed E-state index contributed by atoms with van der Waals surface area (Å²) >= 11 is 0. The lowest BCUT2D eigenvalue weighted by atomic mass is 10.1. The van der Waals surface area contributed by atoms with Crippen molar-refractivity contribution in [3.8, 4) is 11.5 Å². The largest absolute Gasteiger partial charge is 0.493 e. The van der Waals surface area contributed by atoms with E-state index in [1.54, 1.807) is 24.3 Å². The van der Waals surface area contributed by atoms with Gasteiger partial charge in [0.05, 0.1) is 24.1 Å². The van der Waals surface area contributed by atoms with E-state index in [1.165, 1.54) is 0 Å². The molecular formula is C22H22N2O5. The number of nitrogens with zero attached hydrogens (tertiary/aromatic N) is 1. The number of H-pyrrole nitrogens is 1. The smallest absolute Gasteiger partial charge is 0.312 e. The van der Waals surface area contributed by atoms with Crippen LogP contribution in [0.3, 0.4) is 0 Å². The fourth-order valence-corrected chi connectivity index (χ4v) is 3.54. The molecule has 0 radical (unpaired) electrons. The lowest BCUT2D eigenvalue weighted by Crippen LogP contribution is -2.15. The lowest BCUT2D eigenvalue weighted by Gasteiger charge is -2.13. The third-order valence-corrected chi connectivity index (χ3v) is 4.85. The summed E-state index contributed by atoms with van der Waals surface area (Å²) in [4.78, 5) is 24.3. The fourth-order valence-electron chi connectivity index (χ4n) is 3.54. The monoisotopic (exact) mass is 394 g/mol. The van der Waals surface area contributed by atoms with Gasteiger partial charge in [0.15, 0.2) is 0 Å². The zero-order valence-electron chi connectivity index (χ0n) is 16.4. The molecule has 0 unspecified atom stereocenters. The molecule has 1 aromatic heterocycles. The van der Waals surface area contributed by atoms with Crippen LogP contribution in [-0.4, -0.2) is 28.9 Å². The highest BCUT2D eigenvalue weighted by Gasteiger charge is 2.22. The minimum Gasteiger partial charge on any atom is -0.493 e. The molecule has 2 aromatic carbocycles. The predicted octanol–water partition coefficient (Wildman–Crippen LogP) is 2.93. The van der Waals surface area contributed by atoms with E-state index in [4.69, 9.17) is 14.2 Å². The van der Waals surface area contributed by atoms with Gasteiger partial charge in [-0.15, -0.1) is 0 Å². The molecule has 3 aromatic rings. The summed E-state index contributed by atoms with van der Waals surface area (Å²) in [6.45, 7) is 4.51. The number of nitrogens with one attached hydrogen (secondary N) is 1. The first-order valence-electron chi connectivity index (χ1n) is 9.62. The molecule has 0 saturated heterocycles. The van der Waals surface area contributed by atoms with E-state index >= 15 is 0 Å². The normalized spacial score (nSPS) is 15.0. The molecule has 7 nitrogen and oxygen atoms in total. The van der Waals surface area contributed by atoms with Crippen LogP contribution in [0.2, 0.25) is 0 Å². The molecule has 29 heavy (non-hydrogen) atoms. The molecular weight excluding hydrogens is 372 g/mol. The standard InChI is InChI=1S/C22H22N2O5/c1-3-27-19-9-14-8-13(2)29-20(14)10-15(19)12-28-21(25)11-18-16-6-4-5-7-17(16)22(26)24-23-18/h4-7,9-10,13H,3,8,11-12H2,1-2H3,(H,24,26)/t13-/m0/s1. The van der Waals surface area contributed by atoms with Crippen LogP contribution in [0.5, 0.6) is 11.5 Å². The van der Waals surface area contributed by atoms with Gasteiger partial charge in [-0.2, -0.15) is 5.10 Å². The zero-order valence-corrected chi connectivity index (χ0v) is 16.4. The molecule has 0 fully saturated rings. The maximum absolute atomic E-state index is 12.4. The van der Waals surface area contributed by atoms with Crippen LogP contribution in [0.15, 0.2) is 41.2 Å². The predicted molar refractivity (Wildman–Crippen MR) is 107 cm³/mol. The third-order valence-electron chi connectivity index (χ3n) is 4.85. The molecule has 1 aliphatic heterocycles. The van der Waals surface area contributed by atoms with Crippen molar-refractivity contribution in [3.05, 3.63) is 63.6 Å². The molecule has 0 spiro atoms. The van der Waals surface area contributed by atoms with Gasteiger partial charge in [-0.3, -0.25) is 9.59 Å². The first-order valence-corrected chi connectivity index (χ1v) is 9.62. The molecule has 0 saturated carbocycles. The number of aromatic amines is 1. The number of rotatable bonds is 6. The summed E-state index contributed by atoms with van der Waals surface area (Å²) in [7, 11) is 0. The van der Waals surface area contributed by atoms with E-state index in [9.17, 15) is 9.59 Å². The number of fused-ring (bicyclic) bond motifs is 2. The fraction of sp³-hybridized carbons (Fsp3) is 0.318. The number of ether oxygens (including phenoxy) is 3. The van der Waals surface area contributed by atoms with Crippen molar-refractivity contribution >= 4 is 16.7 Å². The molecule has 7 heteroatoms. The van der Waals surface area contributed by atoms with Crippen LogP contribution < -0.4 is 15.0 Å². The first kappa shape index (κ1) is 19.0. The molecule has 150 valence electrons. The Balaban J connectivity index is 1.50. The molecule has 1 N–H and O–H groups in total. The quantitative estimate of drug-likeness (QED) is 0.647. The van der Waals surface area contributed by atoms with E-state index in [0.29, 0.717) is 28.8 Å². The number of hydrogen-bond donors (Lipinski definition) is 1. The molecule has 1 atom stereocenters. The maximum atomic E-state index is 12.4. The molecule has 0 bridgehead atoms. The van der Waals surface area contributed by atoms with Gasteiger partial charge in [0, 0.05) is 22.9 Å². The van der Waals surface area contributed by atoms with Gasteiger partial charge in [-0.05, 0) is 32.0 Å². The Kier molecular flexibility index (Phi) is 5.20. The van der Waals surface area contributed by atoms with Crippen molar-refractivity contribution < 1.29 is 19.0 Å². The Morgan fingerprint density at radius 2 is 2.07 bits per heavy atom. The van der Waals surface area contributed by atoms with Gasteiger partial charge in [-0.1, -0.05) is 18.2 Å². The van der Waals surface area contributed by atoms with Gasteiger partial charge >= 0.3 is 5.97 Å². The molecule has 0 amide bonds. The van der Waals surface area contributed by atoms with E-state index < -0.39 is 5.97 Å². The van der Waals surface area contributed by atoms with Gasteiger partial charge in [0.1, 0.15) is 24.2 Å². The summed E-state index contributed by atoms with van der Waals surface area (Å²) in [6, 6.07) is 10.9. The van der Waals surface area contributed by atoms with Crippen molar-refractivity contribution in [2.24, 2.45) is 0 Å². The Morgan fingerprint density at radius 3 is 2.86 bits per heavy atom. The highest BCUT2D eigenvalue weighted by Crippen LogP contribution is 2.35. The zero-order chi connectivity index (χ0) is 20.4. The highest BCUT2D eigenvalue weighted by molar-refractivity contribution is 5.86. The van der Waals surface area contributed by atoms with E-state index in [0.717, 1.165) is 23.3 Å². The number of benzene rings is 2. The molecule has 0 aliphatic carbocycles. The SMILES string of the molecule is CCOc1cc2c(cc1COC(=O)Cc1n[nH]c(=O)c3ccccc13)O[C@@H](C)C2. The average molecular weight is 394 g/mol. The number of esters is 1. The van der Waals surface area contributed by atoms with E-state index in [1.807, 2.05) is 26.0 Å². The van der Waals surface area contributed by atoms with E-state index in [2.05, 4.69) is 10.2 Å². The second kappa shape index (κ2) is 7.95. The average Bonchev–Trinajstić information content (AvgIpc) is 3.07. The minimum absolute atomic E-state index is 0.0419. The Hall–Kier alpha value is -3.35. The summed E-state index contributed by atoms with van der Waals surface area (Å²) < 4.78 is 17.0. The number of aromatic nitrogens is 2. The van der Waals surface area contributed by atoms with Crippen molar-refractivity contribution in [2.75, 3.05) is 6.61 Å². The van der Waals surface area contributed by atoms with Crippen LogP contribution in [0.25, 0.3) is 10.8 Å². The number of hydrogen-bond acceptors (Lipinski definition) is 6. The van der Waals surface area contributed by atoms with Crippen molar-refractivity contribution in [1.82, 2.24) is 10.2 Å². The molecule has 1 aliphatic rings. The highest BCUT2D eigenvalue weighted by atomic mass is 16.5. The van der Waals surface area contributed by atoms with Crippen LogP contribution in [0, 0.1) is 0 Å². The second-order valence-electron chi connectivity index (χ2n) is 7.02. The van der Waals surface area contributed by atoms with E-state index in [-0.39, 0.29) is 24.7 Å². The first-order chi connectivity index (χ1) is 14.0. The van der Waals surface area contributed by atoms with Crippen LogP contribution >= 0.6 is 0 Å². The lowest BCUT2D eigenvalue weighted by molar-refractivity contribution is -0.144. The Bertz CT molecular complexity index is 1120. The Labute approximate surface area is 167 Å².